The Hall–Kier alpha value is -3.85. The van der Waals surface area contributed by atoms with Crippen molar-refractivity contribution in [3.05, 3.63) is 80.3 Å². The van der Waals surface area contributed by atoms with E-state index in [1.807, 2.05) is 0 Å². The first-order valence-electron chi connectivity index (χ1n) is 16.3. The predicted molar refractivity (Wildman–Crippen MR) is 177 cm³/mol. The Balaban J connectivity index is 1.68. The maximum Gasteiger partial charge on any atom is 0.425 e. The number of carbonyl (C=O) groups excluding carboxylic acids is 2. The lowest BCUT2D eigenvalue weighted by Gasteiger charge is -2.52. The van der Waals surface area contributed by atoms with Crippen LogP contribution in [-0.2, 0) is 28.4 Å². The van der Waals surface area contributed by atoms with E-state index in [1.54, 1.807) is 25.1 Å². The SMILES string of the molecule is CCC[C@H]1N(C(=O)c2ncccc2C(F)(F)F)CCC[C@]1(Oc1csc(C(F)(F)F)c1)C(=O)N1CCc2cc(Cl)ccc2C1CC(C)(C)C(=O)O. The summed E-state index contributed by atoms with van der Waals surface area (Å²) in [4.78, 5) is 47.1. The molecule has 0 spiro atoms. The quantitative estimate of drug-likeness (QED) is 0.219. The minimum atomic E-state index is -4.93. The fraction of sp³-hybridized carbons (Fsp3) is 0.486. The summed E-state index contributed by atoms with van der Waals surface area (Å²) in [5.41, 5.74) is -4.18. The average molecular weight is 760 g/mol. The van der Waals surface area contributed by atoms with Crippen molar-refractivity contribution in [3.63, 3.8) is 0 Å². The van der Waals surface area contributed by atoms with Crippen LogP contribution < -0.4 is 4.74 Å². The number of carbonyl (C=O) groups is 3. The summed E-state index contributed by atoms with van der Waals surface area (Å²) >= 11 is 6.63. The summed E-state index contributed by atoms with van der Waals surface area (Å²) in [7, 11) is 0. The topological polar surface area (TPSA) is 100 Å². The van der Waals surface area contributed by atoms with Crippen LogP contribution in [0.4, 0.5) is 26.3 Å². The number of carboxylic acid groups (broad SMARTS) is 1. The molecular formula is C35H36ClF6N3O5S. The second-order valence-electron chi connectivity index (χ2n) is 13.4. The number of aromatic nitrogens is 1. The van der Waals surface area contributed by atoms with Crippen molar-refractivity contribution in [2.45, 2.75) is 89.3 Å². The molecule has 2 aromatic heterocycles. The maximum atomic E-state index is 15.3. The third kappa shape index (κ3) is 7.69. The maximum absolute atomic E-state index is 15.3. The fourth-order valence-electron chi connectivity index (χ4n) is 7.03. The highest BCUT2D eigenvalue weighted by Crippen LogP contribution is 2.46. The molecule has 3 atom stereocenters. The minimum Gasteiger partial charge on any atom is -0.481 e. The number of hydrogen-bond donors (Lipinski definition) is 1. The van der Waals surface area contributed by atoms with Crippen LogP contribution >= 0.6 is 22.9 Å². The molecule has 2 amide bonds. The third-order valence-corrected chi connectivity index (χ3v) is 10.7. The van der Waals surface area contributed by atoms with Crippen LogP contribution in [0.3, 0.4) is 0 Å². The zero-order chi connectivity index (χ0) is 37.5. The highest BCUT2D eigenvalue weighted by Gasteiger charge is 2.57. The first-order valence-corrected chi connectivity index (χ1v) is 17.6. The van der Waals surface area contributed by atoms with Gasteiger partial charge in [-0.3, -0.25) is 19.4 Å². The summed E-state index contributed by atoms with van der Waals surface area (Å²) in [6, 6.07) is 5.45. The fourth-order valence-corrected chi connectivity index (χ4v) is 7.90. The summed E-state index contributed by atoms with van der Waals surface area (Å²) in [6.07, 6.45) is -8.08. The van der Waals surface area contributed by atoms with E-state index in [0.29, 0.717) is 34.8 Å². The van der Waals surface area contributed by atoms with Gasteiger partial charge in [-0.2, -0.15) is 26.3 Å². The Labute approximate surface area is 299 Å². The predicted octanol–water partition coefficient (Wildman–Crippen LogP) is 8.68. The summed E-state index contributed by atoms with van der Waals surface area (Å²) in [6.45, 7) is 4.71. The van der Waals surface area contributed by atoms with Crippen LogP contribution in [0.1, 0.15) is 91.0 Å². The molecule has 2 aliphatic rings. The van der Waals surface area contributed by atoms with E-state index in [4.69, 9.17) is 16.3 Å². The average Bonchev–Trinajstić information content (AvgIpc) is 3.53. The second kappa shape index (κ2) is 14.3. The van der Waals surface area contributed by atoms with Gasteiger partial charge in [0.1, 0.15) is 16.3 Å². The molecule has 1 N–H and O–H groups in total. The van der Waals surface area contributed by atoms with Gasteiger partial charge in [-0.05, 0) is 74.9 Å². The first kappa shape index (κ1) is 38.4. The Kier molecular flexibility index (Phi) is 10.8. The molecule has 0 aliphatic carbocycles. The molecule has 2 aliphatic heterocycles. The number of likely N-dealkylation sites (tertiary alicyclic amines) is 1. The van der Waals surface area contributed by atoms with Gasteiger partial charge in [-0.15, -0.1) is 11.3 Å². The summed E-state index contributed by atoms with van der Waals surface area (Å²) < 4.78 is 89.8. The zero-order valence-electron chi connectivity index (χ0n) is 27.9. The Morgan fingerprint density at radius 3 is 2.41 bits per heavy atom. The van der Waals surface area contributed by atoms with Crippen LogP contribution in [0.15, 0.2) is 48.0 Å². The Morgan fingerprint density at radius 2 is 1.78 bits per heavy atom. The van der Waals surface area contributed by atoms with Crippen LogP contribution in [0.2, 0.25) is 5.02 Å². The molecule has 4 heterocycles. The number of halogens is 7. The van der Waals surface area contributed by atoms with Gasteiger partial charge < -0.3 is 19.6 Å². The third-order valence-electron chi connectivity index (χ3n) is 9.52. The van der Waals surface area contributed by atoms with Gasteiger partial charge in [-0.1, -0.05) is 31.0 Å². The van der Waals surface area contributed by atoms with Gasteiger partial charge in [0.2, 0.25) is 5.60 Å². The first-order chi connectivity index (χ1) is 23.8. The number of piperidine rings is 1. The van der Waals surface area contributed by atoms with Crippen LogP contribution in [0.5, 0.6) is 5.75 Å². The van der Waals surface area contributed by atoms with Crippen molar-refractivity contribution in [2.24, 2.45) is 5.41 Å². The Morgan fingerprint density at radius 1 is 1.06 bits per heavy atom. The van der Waals surface area contributed by atoms with E-state index < -0.39 is 69.4 Å². The van der Waals surface area contributed by atoms with Crippen molar-refractivity contribution >= 4 is 40.7 Å². The molecule has 1 fully saturated rings. The second-order valence-corrected chi connectivity index (χ2v) is 14.8. The molecule has 1 saturated heterocycles. The van der Waals surface area contributed by atoms with Gasteiger partial charge in [0.25, 0.3) is 11.8 Å². The van der Waals surface area contributed by atoms with E-state index in [2.05, 4.69) is 4.98 Å². The Bertz CT molecular complexity index is 1800. The number of rotatable bonds is 9. The zero-order valence-corrected chi connectivity index (χ0v) is 29.5. The molecule has 51 heavy (non-hydrogen) atoms. The number of ether oxygens (including phenoxy) is 1. The van der Waals surface area contributed by atoms with E-state index in [0.717, 1.165) is 40.2 Å². The number of benzene rings is 1. The van der Waals surface area contributed by atoms with Gasteiger partial charge in [0.15, 0.2) is 0 Å². The number of thiophene rings is 1. The number of aliphatic carboxylic acids is 1. The molecule has 276 valence electrons. The summed E-state index contributed by atoms with van der Waals surface area (Å²) in [5, 5.41) is 11.6. The number of pyridine rings is 1. The largest absolute Gasteiger partial charge is 0.481 e. The van der Waals surface area contributed by atoms with E-state index >= 15 is 4.79 Å². The van der Waals surface area contributed by atoms with Crippen molar-refractivity contribution in [2.75, 3.05) is 13.1 Å². The van der Waals surface area contributed by atoms with Crippen molar-refractivity contribution in [1.29, 1.82) is 0 Å². The van der Waals surface area contributed by atoms with Crippen LogP contribution in [0.25, 0.3) is 0 Å². The van der Waals surface area contributed by atoms with Gasteiger partial charge >= 0.3 is 18.3 Å². The number of hydrogen-bond acceptors (Lipinski definition) is 6. The van der Waals surface area contributed by atoms with Gasteiger partial charge in [-0.25, -0.2) is 0 Å². The van der Waals surface area contributed by atoms with E-state index in [-0.39, 0.29) is 44.5 Å². The molecule has 0 bridgehead atoms. The molecule has 1 unspecified atom stereocenters. The highest BCUT2D eigenvalue weighted by atomic mass is 35.5. The standard InChI is InChI=1S/C35H36ClF6N3O5S/c1-4-7-26-33(50-22-17-27(51-19-22)35(40,41)42,12-6-14-45(26)29(46)28-24(34(37,38)39)8-5-13-43-28)30(47)44-15-11-20-16-21(36)9-10-23(20)25(44)18-32(2,3)31(48)49/h5,8-10,13,16-17,19,25-26H,4,6-7,11-12,14-15,18H2,1-3H3,(H,48,49)/t25?,26-,33-/m1/s1. The number of amides is 2. The molecule has 3 aromatic rings. The van der Waals surface area contributed by atoms with E-state index in [1.165, 1.54) is 18.7 Å². The van der Waals surface area contributed by atoms with E-state index in [9.17, 15) is 41.0 Å². The van der Waals surface area contributed by atoms with Crippen molar-refractivity contribution in [3.8, 4) is 5.75 Å². The lowest BCUT2D eigenvalue weighted by molar-refractivity contribution is -0.164. The van der Waals surface area contributed by atoms with Crippen molar-refractivity contribution < 1.29 is 50.6 Å². The lowest BCUT2D eigenvalue weighted by atomic mass is 9.76. The van der Waals surface area contributed by atoms with Crippen LogP contribution in [0, 0.1) is 5.41 Å². The van der Waals surface area contributed by atoms with Gasteiger partial charge in [0, 0.05) is 42.2 Å². The lowest BCUT2D eigenvalue weighted by Crippen LogP contribution is -2.68. The van der Waals surface area contributed by atoms with Gasteiger partial charge in [0.05, 0.1) is 23.1 Å². The summed E-state index contributed by atoms with van der Waals surface area (Å²) in [5.74, 6) is -3.25. The molecular weight excluding hydrogens is 724 g/mol. The molecule has 1 aromatic carbocycles. The number of nitrogens with zero attached hydrogens (tertiary/aromatic N) is 3. The molecule has 0 radical (unpaired) electrons. The molecule has 0 saturated carbocycles. The molecule has 8 nitrogen and oxygen atoms in total. The molecule has 5 rings (SSSR count). The number of fused-ring (bicyclic) bond motifs is 1. The molecule has 16 heteroatoms. The smallest absolute Gasteiger partial charge is 0.425 e. The highest BCUT2D eigenvalue weighted by molar-refractivity contribution is 7.10. The normalized spacial score (nSPS) is 21.3. The van der Waals surface area contributed by atoms with Crippen LogP contribution in [-0.4, -0.2) is 62.4 Å². The number of carboxylic acids is 1. The van der Waals surface area contributed by atoms with Crippen molar-refractivity contribution in [1.82, 2.24) is 14.8 Å². The number of alkyl halides is 6. The minimum absolute atomic E-state index is 0.0350. The monoisotopic (exact) mass is 759 g/mol.